The van der Waals surface area contributed by atoms with Crippen LogP contribution in [0, 0.1) is 6.92 Å². The molecule has 0 aromatic carbocycles. The number of hydrogen-bond acceptors (Lipinski definition) is 4. The molecule has 4 heteroatoms. The molecule has 1 aromatic heterocycles. The zero-order valence-corrected chi connectivity index (χ0v) is 5.13. The van der Waals surface area contributed by atoms with Crippen LogP contribution in [-0.4, -0.2) is 9.97 Å². The first-order valence-corrected chi connectivity index (χ1v) is 2.55. The molecule has 1 aromatic rings. The molecule has 0 aliphatic rings. The van der Waals surface area contributed by atoms with Crippen LogP contribution >= 0.6 is 0 Å². The number of aryl methyl sites for hydroxylation is 1. The number of hydrogen-bond donors (Lipinski definition) is 2. The van der Waals surface area contributed by atoms with E-state index in [4.69, 9.17) is 11.5 Å². The molecule has 0 fully saturated rings. The van der Waals surface area contributed by atoms with E-state index < -0.39 is 0 Å². The van der Waals surface area contributed by atoms with Crippen LogP contribution in [0.25, 0.3) is 0 Å². The molecule has 0 aliphatic heterocycles. The molecule has 1 heterocycles. The molecule has 0 unspecified atom stereocenters. The molecule has 0 atom stereocenters. The van der Waals surface area contributed by atoms with Crippen LogP contribution in [0.4, 0.5) is 11.6 Å². The summed E-state index contributed by atoms with van der Waals surface area (Å²) in [7, 11) is 0. The van der Waals surface area contributed by atoms with Gasteiger partial charge in [0.15, 0.2) is 11.6 Å². The molecule has 1 rings (SSSR count). The lowest BCUT2D eigenvalue weighted by Gasteiger charge is -1.96. The molecule has 0 amide bonds. The van der Waals surface area contributed by atoms with Gasteiger partial charge in [0, 0.05) is 0 Å². The fraction of sp³-hybridized carbons (Fsp3) is 0.200. The topological polar surface area (TPSA) is 77.8 Å². The minimum absolute atomic E-state index is 0.292. The van der Waals surface area contributed by atoms with E-state index in [1.54, 1.807) is 6.20 Å². The van der Waals surface area contributed by atoms with Crippen molar-refractivity contribution in [2.45, 2.75) is 6.92 Å². The number of nitrogen functional groups attached to an aromatic ring is 2. The predicted octanol–water partition coefficient (Wildman–Crippen LogP) is -0.0506. The van der Waals surface area contributed by atoms with Gasteiger partial charge in [-0.1, -0.05) is 0 Å². The molecule has 4 nitrogen and oxygen atoms in total. The Balaban J connectivity index is 3.17. The van der Waals surface area contributed by atoms with Crippen molar-refractivity contribution in [1.29, 1.82) is 0 Å². The number of nitrogens with zero attached hydrogens (tertiary/aromatic N) is 2. The molecule has 0 saturated carbocycles. The van der Waals surface area contributed by atoms with Crippen molar-refractivity contribution in [3.63, 3.8) is 0 Å². The van der Waals surface area contributed by atoms with Crippen LogP contribution in [0.3, 0.4) is 0 Å². The molecular formula is C5H8N4. The highest BCUT2D eigenvalue weighted by molar-refractivity contribution is 5.51. The van der Waals surface area contributed by atoms with Crippen LogP contribution in [0.2, 0.25) is 0 Å². The van der Waals surface area contributed by atoms with Gasteiger partial charge in [-0.15, -0.1) is 0 Å². The normalized spacial score (nSPS) is 9.44. The van der Waals surface area contributed by atoms with Crippen molar-refractivity contribution >= 4 is 11.6 Å². The molecule has 48 valence electrons. The monoisotopic (exact) mass is 124 g/mol. The molecular weight excluding hydrogens is 116 g/mol. The second kappa shape index (κ2) is 1.89. The summed E-state index contributed by atoms with van der Waals surface area (Å²) in [4.78, 5) is 7.63. The summed E-state index contributed by atoms with van der Waals surface area (Å²) >= 11 is 0. The van der Waals surface area contributed by atoms with E-state index in [1.165, 1.54) is 0 Å². The lowest BCUT2D eigenvalue weighted by Crippen LogP contribution is -2.00. The maximum atomic E-state index is 5.32. The van der Waals surface area contributed by atoms with Crippen LogP contribution in [0.1, 0.15) is 5.69 Å². The molecule has 0 radical (unpaired) electrons. The van der Waals surface area contributed by atoms with Gasteiger partial charge in [0.1, 0.15) is 0 Å². The average Bonchev–Trinajstić information content (AvgIpc) is 1.80. The Labute approximate surface area is 52.9 Å². The van der Waals surface area contributed by atoms with E-state index in [9.17, 15) is 0 Å². The van der Waals surface area contributed by atoms with Crippen molar-refractivity contribution in [2.75, 3.05) is 11.5 Å². The van der Waals surface area contributed by atoms with Crippen LogP contribution in [0.15, 0.2) is 6.20 Å². The van der Waals surface area contributed by atoms with Crippen molar-refractivity contribution in [3.05, 3.63) is 11.9 Å². The maximum absolute atomic E-state index is 5.32. The zero-order valence-electron chi connectivity index (χ0n) is 5.13. The van der Waals surface area contributed by atoms with E-state index in [2.05, 4.69) is 9.97 Å². The minimum atomic E-state index is 0.292. The third-order valence-corrected chi connectivity index (χ3v) is 0.950. The summed E-state index contributed by atoms with van der Waals surface area (Å²) in [5.41, 5.74) is 11.4. The second-order valence-electron chi connectivity index (χ2n) is 1.78. The maximum Gasteiger partial charge on any atom is 0.166 e. The smallest absolute Gasteiger partial charge is 0.166 e. The van der Waals surface area contributed by atoms with Gasteiger partial charge in [-0.2, -0.15) is 0 Å². The van der Waals surface area contributed by atoms with Gasteiger partial charge in [0.2, 0.25) is 0 Å². The molecule has 0 saturated heterocycles. The first-order valence-electron chi connectivity index (χ1n) is 2.55. The first kappa shape index (κ1) is 5.81. The molecule has 9 heavy (non-hydrogen) atoms. The van der Waals surface area contributed by atoms with Crippen molar-refractivity contribution in [1.82, 2.24) is 9.97 Å². The predicted molar refractivity (Wildman–Crippen MR) is 35.6 cm³/mol. The number of rotatable bonds is 0. The summed E-state index contributed by atoms with van der Waals surface area (Å²) in [5, 5.41) is 0. The lowest BCUT2D eigenvalue weighted by molar-refractivity contribution is 1.14. The Kier molecular flexibility index (Phi) is 1.22. The van der Waals surface area contributed by atoms with Crippen LogP contribution < -0.4 is 11.5 Å². The van der Waals surface area contributed by atoms with Crippen molar-refractivity contribution in [3.8, 4) is 0 Å². The lowest BCUT2D eigenvalue weighted by atomic mass is 10.5. The third-order valence-electron chi connectivity index (χ3n) is 0.950. The van der Waals surface area contributed by atoms with Gasteiger partial charge in [-0.05, 0) is 6.92 Å². The summed E-state index contributed by atoms with van der Waals surface area (Å²) < 4.78 is 0. The number of aromatic nitrogens is 2. The largest absolute Gasteiger partial charge is 0.381 e. The molecule has 0 spiro atoms. The molecule has 0 aliphatic carbocycles. The Morgan fingerprint density at radius 3 is 2.44 bits per heavy atom. The van der Waals surface area contributed by atoms with Gasteiger partial charge in [0.05, 0.1) is 11.9 Å². The Hall–Kier alpha value is -1.32. The summed E-state index contributed by atoms with van der Waals surface area (Å²) in [6.45, 7) is 1.81. The van der Waals surface area contributed by atoms with Gasteiger partial charge in [-0.25, -0.2) is 9.97 Å². The highest BCUT2D eigenvalue weighted by Crippen LogP contribution is 2.05. The minimum Gasteiger partial charge on any atom is -0.381 e. The second-order valence-corrected chi connectivity index (χ2v) is 1.78. The summed E-state index contributed by atoms with van der Waals surface area (Å²) in [5.74, 6) is 0.593. The average molecular weight is 124 g/mol. The van der Waals surface area contributed by atoms with Gasteiger partial charge in [-0.3, -0.25) is 0 Å². The van der Waals surface area contributed by atoms with Crippen LogP contribution in [-0.2, 0) is 0 Å². The van der Waals surface area contributed by atoms with E-state index in [1.807, 2.05) is 6.92 Å². The Morgan fingerprint density at radius 1 is 1.33 bits per heavy atom. The van der Waals surface area contributed by atoms with Crippen molar-refractivity contribution < 1.29 is 0 Å². The first-order chi connectivity index (χ1) is 4.20. The van der Waals surface area contributed by atoms with Gasteiger partial charge in [0.25, 0.3) is 0 Å². The van der Waals surface area contributed by atoms with Gasteiger partial charge >= 0.3 is 0 Å². The molecule has 4 N–H and O–H groups in total. The quantitative estimate of drug-likeness (QED) is 0.508. The van der Waals surface area contributed by atoms with E-state index in [-0.39, 0.29) is 0 Å². The highest BCUT2D eigenvalue weighted by atomic mass is 15.0. The zero-order chi connectivity index (χ0) is 6.85. The Bertz CT molecular complexity index is 220. The van der Waals surface area contributed by atoms with E-state index in [0.29, 0.717) is 11.6 Å². The fourth-order valence-electron chi connectivity index (χ4n) is 0.505. The third kappa shape index (κ3) is 1.07. The summed E-state index contributed by atoms with van der Waals surface area (Å²) in [6, 6.07) is 0. The number of nitrogens with two attached hydrogens (primary N) is 2. The summed E-state index contributed by atoms with van der Waals surface area (Å²) in [6.07, 6.45) is 1.58. The van der Waals surface area contributed by atoms with E-state index in [0.717, 1.165) is 5.69 Å². The number of anilines is 2. The van der Waals surface area contributed by atoms with Crippen LogP contribution in [0.5, 0.6) is 0 Å². The van der Waals surface area contributed by atoms with Gasteiger partial charge < -0.3 is 11.5 Å². The van der Waals surface area contributed by atoms with E-state index >= 15 is 0 Å². The Morgan fingerprint density at radius 2 is 2.00 bits per heavy atom. The van der Waals surface area contributed by atoms with Crippen molar-refractivity contribution in [2.24, 2.45) is 0 Å². The fourth-order valence-corrected chi connectivity index (χ4v) is 0.505. The molecule has 0 bridgehead atoms. The standard InChI is InChI=1S/C5H8N4/c1-3-2-8-4(6)5(7)9-3/h2H,1H3,(H2,6,8)(H2,7,9). The SMILES string of the molecule is Cc1cnc(N)c(N)n1. The highest BCUT2D eigenvalue weighted by Gasteiger charge is 1.93.